The highest BCUT2D eigenvalue weighted by Crippen LogP contribution is 2.69. The summed E-state index contributed by atoms with van der Waals surface area (Å²) in [5, 5.41) is 38.9. The van der Waals surface area contributed by atoms with Crippen LogP contribution in [0.25, 0.3) is 0 Å². The van der Waals surface area contributed by atoms with Crippen molar-refractivity contribution >= 4 is 5.90 Å². The Morgan fingerprint density at radius 3 is 2.41 bits per heavy atom. The molecule has 0 radical (unpaired) electrons. The van der Waals surface area contributed by atoms with Crippen molar-refractivity contribution in [2.45, 2.75) is 37.6 Å². The fraction of sp³-hybridized carbons (Fsp3) is 0.500. The summed E-state index contributed by atoms with van der Waals surface area (Å²) in [6, 6.07) is 13.3. The van der Waals surface area contributed by atoms with Crippen LogP contribution in [0.3, 0.4) is 0 Å². The Hall–Kier alpha value is -3.08. The molecule has 5 rings (SSSR count). The van der Waals surface area contributed by atoms with E-state index in [1.807, 2.05) is 0 Å². The van der Waals surface area contributed by atoms with Gasteiger partial charge in [-0.2, -0.15) is 15.8 Å². The maximum absolute atomic E-state index is 10.2. The first-order valence-electron chi connectivity index (χ1n) is 8.87. The summed E-state index contributed by atoms with van der Waals surface area (Å²) in [5.41, 5.74) is -2.92. The van der Waals surface area contributed by atoms with Crippen molar-refractivity contribution in [2.75, 3.05) is 7.11 Å². The predicted octanol–water partition coefficient (Wildman–Crippen LogP) is 3.20. The Labute approximate surface area is 157 Å². The lowest BCUT2D eigenvalue weighted by Crippen LogP contribution is -2.73. The summed E-state index contributed by atoms with van der Waals surface area (Å²) in [7, 11) is 1.55. The first-order chi connectivity index (χ1) is 13.0. The second kappa shape index (κ2) is 5.71. The lowest BCUT2D eigenvalue weighted by atomic mass is 9.48. The van der Waals surface area contributed by atoms with Crippen molar-refractivity contribution < 1.29 is 14.2 Å². The van der Waals surface area contributed by atoms with Crippen LogP contribution in [-0.2, 0) is 9.47 Å². The molecule has 1 saturated carbocycles. The second-order valence-corrected chi connectivity index (χ2v) is 7.26. The highest BCUT2D eigenvalue weighted by molar-refractivity contribution is 5.89. The number of nitrogens with zero attached hydrogens (tertiary/aromatic N) is 3. The van der Waals surface area contributed by atoms with E-state index in [0.29, 0.717) is 24.2 Å². The van der Waals surface area contributed by atoms with Gasteiger partial charge in [-0.25, -0.2) is 0 Å². The van der Waals surface area contributed by atoms with Gasteiger partial charge in [-0.05, 0) is 30.5 Å². The SMILES string of the molecule is COc1ccc(C2OC34CCCCC3C(C#N)(C#N)C2(C#N)C(=N)O4)cc1. The molecule has 27 heavy (non-hydrogen) atoms. The van der Waals surface area contributed by atoms with E-state index in [-0.39, 0.29) is 5.90 Å². The van der Waals surface area contributed by atoms with Gasteiger partial charge in [0, 0.05) is 6.42 Å². The predicted molar refractivity (Wildman–Crippen MR) is 92.0 cm³/mol. The van der Waals surface area contributed by atoms with Gasteiger partial charge in [-0.1, -0.05) is 18.6 Å². The number of hydrogen-bond donors (Lipinski definition) is 1. The summed E-state index contributed by atoms with van der Waals surface area (Å²) in [6.45, 7) is 0. The number of nitrogens with one attached hydrogen (secondary N) is 1. The van der Waals surface area contributed by atoms with Crippen LogP contribution in [0.5, 0.6) is 5.75 Å². The van der Waals surface area contributed by atoms with Crippen LogP contribution in [0.2, 0.25) is 0 Å². The van der Waals surface area contributed by atoms with Gasteiger partial charge >= 0.3 is 0 Å². The van der Waals surface area contributed by atoms with Crippen LogP contribution in [0, 0.1) is 56.2 Å². The number of hydrogen-bond acceptors (Lipinski definition) is 7. The fourth-order valence-corrected chi connectivity index (χ4v) is 4.92. The van der Waals surface area contributed by atoms with E-state index in [4.69, 9.17) is 19.6 Å². The fourth-order valence-electron chi connectivity index (χ4n) is 4.92. The molecule has 4 atom stereocenters. The average molecular weight is 362 g/mol. The number of nitriles is 3. The molecule has 0 aromatic heterocycles. The van der Waals surface area contributed by atoms with Gasteiger partial charge in [0.15, 0.2) is 10.8 Å². The van der Waals surface area contributed by atoms with Crippen molar-refractivity contribution in [3.8, 4) is 24.0 Å². The van der Waals surface area contributed by atoms with E-state index in [9.17, 15) is 15.8 Å². The standard InChI is InChI=1S/C20H18N4O3/c1-25-14-7-5-13(6-8-14)16-19(12-23)17(24)27-20(26-16)9-3-2-4-15(20)18(19,10-21)11-22/h5-8,15-16,24H,2-4,9H2,1H3. The van der Waals surface area contributed by atoms with Crippen LogP contribution in [0.4, 0.5) is 0 Å². The molecule has 4 unspecified atom stereocenters. The van der Waals surface area contributed by atoms with Gasteiger partial charge in [-0.3, -0.25) is 5.41 Å². The van der Waals surface area contributed by atoms with E-state index < -0.39 is 28.6 Å². The van der Waals surface area contributed by atoms with Gasteiger partial charge in [0.1, 0.15) is 11.9 Å². The lowest BCUT2D eigenvalue weighted by molar-refractivity contribution is -0.360. The van der Waals surface area contributed by atoms with E-state index in [1.54, 1.807) is 31.4 Å². The molecule has 3 saturated heterocycles. The highest BCUT2D eigenvalue weighted by atomic mass is 16.7. The van der Waals surface area contributed by atoms with Crippen LogP contribution < -0.4 is 4.74 Å². The van der Waals surface area contributed by atoms with E-state index in [0.717, 1.165) is 12.8 Å². The molecule has 0 amide bonds. The van der Waals surface area contributed by atoms with Crippen LogP contribution in [0.15, 0.2) is 24.3 Å². The number of fused-ring (bicyclic) bond motifs is 2. The summed E-state index contributed by atoms with van der Waals surface area (Å²) < 4.78 is 17.4. The summed E-state index contributed by atoms with van der Waals surface area (Å²) in [5.74, 6) is -1.50. The van der Waals surface area contributed by atoms with Gasteiger partial charge in [0.2, 0.25) is 11.7 Å². The quantitative estimate of drug-likeness (QED) is 0.861. The molecule has 136 valence electrons. The first-order valence-corrected chi connectivity index (χ1v) is 8.87. The topological polar surface area (TPSA) is 123 Å². The molecule has 1 aromatic carbocycles. The summed E-state index contributed by atoms with van der Waals surface area (Å²) >= 11 is 0. The van der Waals surface area contributed by atoms with E-state index >= 15 is 0 Å². The molecule has 2 bridgehead atoms. The van der Waals surface area contributed by atoms with Gasteiger partial charge in [0.25, 0.3) is 0 Å². The van der Waals surface area contributed by atoms with Crippen molar-refractivity contribution in [1.29, 1.82) is 21.2 Å². The number of methoxy groups -OCH3 is 1. The zero-order chi connectivity index (χ0) is 19.3. The monoisotopic (exact) mass is 362 g/mol. The van der Waals surface area contributed by atoms with Crippen LogP contribution in [-0.4, -0.2) is 18.8 Å². The van der Waals surface area contributed by atoms with Crippen molar-refractivity contribution in [2.24, 2.45) is 16.7 Å². The molecule has 1 aromatic rings. The van der Waals surface area contributed by atoms with Gasteiger partial charge in [-0.15, -0.1) is 0 Å². The molecule has 3 heterocycles. The largest absolute Gasteiger partial charge is 0.497 e. The minimum Gasteiger partial charge on any atom is -0.497 e. The van der Waals surface area contributed by atoms with Crippen molar-refractivity contribution in [3.63, 3.8) is 0 Å². The molecule has 4 aliphatic rings. The molecule has 3 aliphatic heterocycles. The third-order valence-corrected chi connectivity index (χ3v) is 6.23. The van der Waals surface area contributed by atoms with Crippen molar-refractivity contribution in [1.82, 2.24) is 0 Å². The first kappa shape index (κ1) is 17.3. The molecular weight excluding hydrogens is 344 g/mol. The second-order valence-electron chi connectivity index (χ2n) is 7.26. The molecule has 7 heteroatoms. The summed E-state index contributed by atoms with van der Waals surface area (Å²) in [6.07, 6.45) is 1.73. The minimum absolute atomic E-state index is 0.349. The molecule has 4 fully saturated rings. The Morgan fingerprint density at radius 1 is 1.11 bits per heavy atom. The summed E-state index contributed by atoms with van der Waals surface area (Å²) in [4.78, 5) is 0. The van der Waals surface area contributed by atoms with Gasteiger partial charge < -0.3 is 14.2 Å². The zero-order valence-corrected chi connectivity index (χ0v) is 14.9. The number of rotatable bonds is 2. The Bertz CT molecular complexity index is 909. The normalized spacial score (nSPS) is 35.7. The number of benzene rings is 1. The van der Waals surface area contributed by atoms with E-state index in [1.165, 1.54) is 0 Å². The van der Waals surface area contributed by atoms with Crippen molar-refractivity contribution in [3.05, 3.63) is 29.8 Å². The van der Waals surface area contributed by atoms with Gasteiger partial charge in [0.05, 0.1) is 31.2 Å². The molecular formula is C20H18N4O3. The van der Waals surface area contributed by atoms with Crippen LogP contribution >= 0.6 is 0 Å². The Kier molecular flexibility index (Phi) is 3.67. The Balaban J connectivity index is 1.96. The maximum Gasteiger partial charge on any atom is 0.218 e. The lowest BCUT2D eigenvalue weighted by Gasteiger charge is -2.63. The third-order valence-electron chi connectivity index (χ3n) is 6.23. The van der Waals surface area contributed by atoms with Crippen LogP contribution in [0.1, 0.15) is 37.4 Å². The molecule has 1 spiro atoms. The van der Waals surface area contributed by atoms with E-state index in [2.05, 4.69) is 18.2 Å². The smallest absolute Gasteiger partial charge is 0.218 e. The third kappa shape index (κ3) is 1.89. The minimum atomic E-state index is -1.82. The average Bonchev–Trinajstić information content (AvgIpc) is 2.72. The highest BCUT2D eigenvalue weighted by Gasteiger charge is 2.80. The zero-order valence-electron chi connectivity index (χ0n) is 14.9. The molecule has 1 aliphatic carbocycles. The maximum atomic E-state index is 10.2. The Morgan fingerprint density at radius 2 is 1.81 bits per heavy atom. The molecule has 1 N–H and O–H groups in total. The number of ether oxygens (including phenoxy) is 3. The molecule has 7 nitrogen and oxygen atoms in total.